The minimum absolute atomic E-state index is 0.0144. The summed E-state index contributed by atoms with van der Waals surface area (Å²) in [5.74, 6) is -2.91. The van der Waals surface area contributed by atoms with Crippen molar-refractivity contribution in [2.24, 2.45) is 5.73 Å². The van der Waals surface area contributed by atoms with Crippen LogP contribution in [0.4, 0.5) is 8.78 Å². The van der Waals surface area contributed by atoms with E-state index in [4.69, 9.17) is 5.73 Å². The van der Waals surface area contributed by atoms with E-state index in [9.17, 15) is 8.78 Å². The van der Waals surface area contributed by atoms with Gasteiger partial charge in [-0.3, -0.25) is 0 Å². The standard InChI is InChI=1S/C15H19F2N3/c1-2-13(18)8-14-9-20(11-19-14)10-15(16,17)12-6-4-3-5-7-12/h3-7,9,11,13H,2,8,10,18H2,1H3. The molecule has 5 heteroatoms. The second kappa shape index (κ2) is 6.13. The zero-order valence-electron chi connectivity index (χ0n) is 11.5. The Labute approximate surface area is 117 Å². The molecule has 0 fully saturated rings. The molecule has 0 radical (unpaired) electrons. The van der Waals surface area contributed by atoms with Crippen molar-refractivity contribution >= 4 is 0 Å². The lowest BCUT2D eigenvalue weighted by Gasteiger charge is -2.17. The summed E-state index contributed by atoms with van der Waals surface area (Å²) in [5, 5.41) is 0. The summed E-state index contributed by atoms with van der Waals surface area (Å²) in [6.45, 7) is 1.58. The van der Waals surface area contributed by atoms with E-state index in [1.54, 1.807) is 24.4 Å². The predicted octanol–water partition coefficient (Wildman–Crippen LogP) is 2.95. The van der Waals surface area contributed by atoms with Gasteiger partial charge in [-0.2, -0.15) is 8.78 Å². The maximum absolute atomic E-state index is 14.1. The fraction of sp³-hybridized carbons (Fsp3) is 0.400. The highest BCUT2D eigenvalue weighted by Crippen LogP contribution is 2.29. The number of imidazole rings is 1. The smallest absolute Gasteiger partial charge is 0.290 e. The molecule has 20 heavy (non-hydrogen) atoms. The van der Waals surface area contributed by atoms with E-state index in [2.05, 4.69) is 4.98 Å². The van der Waals surface area contributed by atoms with Crippen molar-refractivity contribution in [2.45, 2.75) is 38.3 Å². The van der Waals surface area contributed by atoms with Gasteiger partial charge in [0.15, 0.2) is 0 Å². The van der Waals surface area contributed by atoms with Crippen LogP contribution < -0.4 is 5.73 Å². The highest BCUT2D eigenvalue weighted by atomic mass is 19.3. The molecule has 2 rings (SSSR count). The fourth-order valence-corrected chi connectivity index (χ4v) is 2.01. The van der Waals surface area contributed by atoms with Gasteiger partial charge in [0.1, 0.15) is 0 Å². The number of rotatable bonds is 6. The lowest BCUT2D eigenvalue weighted by Crippen LogP contribution is -2.22. The predicted molar refractivity (Wildman–Crippen MR) is 74.5 cm³/mol. The number of hydrogen-bond donors (Lipinski definition) is 1. The van der Waals surface area contributed by atoms with Crippen molar-refractivity contribution in [1.29, 1.82) is 0 Å². The molecule has 108 valence electrons. The molecule has 0 saturated carbocycles. The van der Waals surface area contributed by atoms with Crippen LogP contribution in [-0.4, -0.2) is 15.6 Å². The van der Waals surface area contributed by atoms with Crippen molar-refractivity contribution in [2.75, 3.05) is 0 Å². The van der Waals surface area contributed by atoms with Crippen LogP contribution in [0.2, 0.25) is 0 Å². The van der Waals surface area contributed by atoms with Crippen LogP contribution in [0.1, 0.15) is 24.6 Å². The first-order valence-electron chi connectivity index (χ1n) is 6.71. The summed E-state index contributed by atoms with van der Waals surface area (Å²) >= 11 is 0. The van der Waals surface area contributed by atoms with Gasteiger partial charge < -0.3 is 10.3 Å². The zero-order chi connectivity index (χ0) is 14.6. The Balaban J connectivity index is 2.06. The quantitative estimate of drug-likeness (QED) is 0.883. The summed E-state index contributed by atoms with van der Waals surface area (Å²) < 4.78 is 29.6. The first-order chi connectivity index (χ1) is 9.51. The maximum atomic E-state index is 14.1. The molecule has 0 aliphatic heterocycles. The number of halogens is 2. The molecule has 0 spiro atoms. The van der Waals surface area contributed by atoms with Crippen LogP contribution >= 0.6 is 0 Å². The molecule has 1 aromatic heterocycles. The van der Waals surface area contributed by atoms with Crippen molar-refractivity contribution in [1.82, 2.24) is 9.55 Å². The lowest BCUT2D eigenvalue weighted by molar-refractivity contribution is -0.0222. The van der Waals surface area contributed by atoms with Gasteiger partial charge in [0.25, 0.3) is 5.92 Å². The average Bonchev–Trinajstić information content (AvgIpc) is 2.86. The van der Waals surface area contributed by atoms with E-state index in [-0.39, 0.29) is 11.6 Å². The molecule has 1 aromatic carbocycles. The van der Waals surface area contributed by atoms with Gasteiger partial charge in [-0.15, -0.1) is 0 Å². The first kappa shape index (κ1) is 14.7. The summed E-state index contributed by atoms with van der Waals surface area (Å²) in [7, 11) is 0. The third-order valence-corrected chi connectivity index (χ3v) is 3.26. The summed E-state index contributed by atoms with van der Waals surface area (Å²) in [4.78, 5) is 4.13. The molecule has 1 unspecified atom stereocenters. The maximum Gasteiger partial charge on any atom is 0.290 e. The summed E-state index contributed by atoms with van der Waals surface area (Å²) in [6, 6.07) is 7.84. The number of hydrogen-bond acceptors (Lipinski definition) is 2. The average molecular weight is 279 g/mol. The molecular formula is C15H19F2N3. The molecule has 1 heterocycles. The zero-order valence-corrected chi connectivity index (χ0v) is 11.5. The third kappa shape index (κ3) is 3.63. The summed E-state index contributed by atoms with van der Waals surface area (Å²) in [6.07, 6.45) is 4.54. The van der Waals surface area contributed by atoms with Gasteiger partial charge in [0, 0.05) is 24.2 Å². The normalized spacial score (nSPS) is 13.4. The molecule has 2 N–H and O–H groups in total. The number of nitrogens with two attached hydrogens (primary N) is 1. The monoisotopic (exact) mass is 279 g/mol. The molecule has 0 saturated heterocycles. The number of alkyl halides is 2. The Bertz CT molecular complexity index is 537. The molecule has 0 aliphatic carbocycles. The van der Waals surface area contributed by atoms with Gasteiger partial charge in [0.2, 0.25) is 0 Å². The van der Waals surface area contributed by atoms with E-state index in [1.807, 2.05) is 6.92 Å². The Morgan fingerprint density at radius 2 is 2.00 bits per heavy atom. The topological polar surface area (TPSA) is 43.8 Å². The van der Waals surface area contributed by atoms with Crippen LogP contribution in [-0.2, 0) is 18.9 Å². The largest absolute Gasteiger partial charge is 0.331 e. The number of benzene rings is 1. The molecule has 0 amide bonds. The van der Waals surface area contributed by atoms with Crippen molar-refractivity contribution in [3.8, 4) is 0 Å². The molecule has 3 nitrogen and oxygen atoms in total. The summed E-state index contributed by atoms with van der Waals surface area (Å²) in [5.41, 5.74) is 6.60. The van der Waals surface area contributed by atoms with Crippen LogP contribution in [0.3, 0.4) is 0 Å². The van der Waals surface area contributed by atoms with Gasteiger partial charge in [-0.05, 0) is 6.42 Å². The molecule has 2 aromatic rings. The van der Waals surface area contributed by atoms with E-state index in [0.29, 0.717) is 6.42 Å². The van der Waals surface area contributed by atoms with Crippen LogP contribution in [0.15, 0.2) is 42.9 Å². The number of aromatic nitrogens is 2. The van der Waals surface area contributed by atoms with E-state index in [0.717, 1.165) is 12.1 Å². The van der Waals surface area contributed by atoms with Gasteiger partial charge in [-0.25, -0.2) is 4.98 Å². The van der Waals surface area contributed by atoms with Crippen molar-refractivity contribution in [3.63, 3.8) is 0 Å². The second-order valence-corrected chi connectivity index (χ2v) is 4.98. The van der Waals surface area contributed by atoms with Gasteiger partial charge >= 0.3 is 0 Å². The Hall–Kier alpha value is -1.75. The SMILES string of the molecule is CCC(N)Cc1cn(CC(F)(F)c2ccccc2)cn1. The minimum Gasteiger partial charge on any atom is -0.331 e. The highest BCUT2D eigenvalue weighted by Gasteiger charge is 2.31. The second-order valence-electron chi connectivity index (χ2n) is 4.98. The highest BCUT2D eigenvalue weighted by molar-refractivity contribution is 5.20. The molecular weight excluding hydrogens is 260 g/mol. The number of nitrogens with zero attached hydrogens (tertiary/aromatic N) is 2. The molecule has 0 bridgehead atoms. The van der Waals surface area contributed by atoms with E-state index < -0.39 is 12.5 Å². The van der Waals surface area contributed by atoms with Gasteiger partial charge in [0.05, 0.1) is 18.6 Å². The van der Waals surface area contributed by atoms with Crippen LogP contribution in [0.25, 0.3) is 0 Å². The third-order valence-electron chi connectivity index (χ3n) is 3.26. The van der Waals surface area contributed by atoms with Gasteiger partial charge in [-0.1, -0.05) is 37.3 Å². The van der Waals surface area contributed by atoms with Crippen LogP contribution in [0, 0.1) is 0 Å². The lowest BCUT2D eigenvalue weighted by atomic mass is 10.1. The Morgan fingerprint density at radius 3 is 2.65 bits per heavy atom. The Kier molecular flexibility index (Phi) is 4.49. The van der Waals surface area contributed by atoms with Crippen LogP contribution in [0.5, 0.6) is 0 Å². The Morgan fingerprint density at radius 1 is 1.30 bits per heavy atom. The fourth-order valence-electron chi connectivity index (χ4n) is 2.01. The molecule has 0 aliphatic rings. The van der Waals surface area contributed by atoms with E-state index >= 15 is 0 Å². The van der Waals surface area contributed by atoms with Crippen molar-refractivity contribution < 1.29 is 8.78 Å². The van der Waals surface area contributed by atoms with Crippen molar-refractivity contribution in [3.05, 3.63) is 54.1 Å². The molecule has 1 atom stereocenters. The first-order valence-corrected chi connectivity index (χ1v) is 6.71. The minimum atomic E-state index is -2.91. The van der Waals surface area contributed by atoms with E-state index in [1.165, 1.54) is 23.0 Å².